The molecule has 0 bridgehead atoms. The van der Waals surface area contributed by atoms with Gasteiger partial charge >= 0.3 is 6.18 Å². The van der Waals surface area contributed by atoms with Crippen LogP contribution in [0.25, 0.3) is 0 Å². The minimum Gasteiger partial charge on any atom is -0.319 e. The van der Waals surface area contributed by atoms with Crippen LogP contribution in [0.4, 0.5) is 27.6 Å². The van der Waals surface area contributed by atoms with Gasteiger partial charge in [-0.2, -0.15) is 13.2 Å². The molecule has 1 N–H and O–H groups in total. The number of carbonyl (C=O) groups is 1. The number of aromatic nitrogens is 1. The van der Waals surface area contributed by atoms with E-state index in [0.717, 1.165) is 34.9 Å². The minimum atomic E-state index is -4.53. The third-order valence-corrected chi connectivity index (χ3v) is 4.05. The van der Waals surface area contributed by atoms with E-state index in [1.807, 2.05) is 0 Å². The first-order valence-electron chi connectivity index (χ1n) is 8.27. The quantitative estimate of drug-likeness (QED) is 0.649. The first-order chi connectivity index (χ1) is 13.6. The maximum atomic E-state index is 13.7. The number of nitrogens with zero attached hydrogens (tertiary/aromatic N) is 1. The summed E-state index contributed by atoms with van der Waals surface area (Å²) >= 11 is 0. The fourth-order valence-corrected chi connectivity index (χ4v) is 2.66. The minimum absolute atomic E-state index is 0.204. The number of amides is 1. The predicted octanol–water partition coefficient (Wildman–Crippen LogP) is 4.45. The number of halogens is 5. The summed E-state index contributed by atoms with van der Waals surface area (Å²) in [5.41, 5.74) is -2.26. The van der Waals surface area contributed by atoms with Crippen molar-refractivity contribution in [2.75, 3.05) is 5.32 Å². The Morgan fingerprint density at radius 1 is 1.00 bits per heavy atom. The van der Waals surface area contributed by atoms with E-state index in [1.54, 1.807) is 0 Å². The highest BCUT2D eigenvalue weighted by molar-refractivity contribution is 6.04. The molecule has 1 amide bonds. The van der Waals surface area contributed by atoms with Gasteiger partial charge in [0.15, 0.2) is 0 Å². The van der Waals surface area contributed by atoms with Crippen LogP contribution in [0.1, 0.15) is 21.5 Å². The van der Waals surface area contributed by atoms with Crippen LogP contribution >= 0.6 is 0 Å². The molecule has 2 aromatic carbocycles. The molecule has 0 saturated carbocycles. The summed E-state index contributed by atoms with van der Waals surface area (Å²) in [6.45, 7) is -0.210. The molecule has 0 aliphatic heterocycles. The molecular formula is C20H13F5N2O2. The van der Waals surface area contributed by atoms with Crippen molar-refractivity contribution in [1.82, 2.24) is 4.57 Å². The fraction of sp³-hybridized carbons (Fsp3) is 0.100. The maximum Gasteiger partial charge on any atom is 0.416 e. The van der Waals surface area contributed by atoms with Crippen molar-refractivity contribution in [3.8, 4) is 0 Å². The molecule has 0 spiro atoms. The second kappa shape index (κ2) is 7.86. The van der Waals surface area contributed by atoms with Crippen LogP contribution in [0, 0.1) is 11.6 Å². The number of pyridine rings is 1. The van der Waals surface area contributed by atoms with Crippen molar-refractivity contribution in [2.24, 2.45) is 0 Å². The molecule has 0 aliphatic carbocycles. The molecule has 0 atom stereocenters. The molecule has 9 heteroatoms. The molecule has 0 saturated heterocycles. The molecule has 1 heterocycles. The third-order valence-electron chi connectivity index (χ3n) is 4.05. The lowest BCUT2D eigenvalue weighted by molar-refractivity contribution is -0.137. The topological polar surface area (TPSA) is 51.1 Å². The number of alkyl halides is 3. The van der Waals surface area contributed by atoms with Gasteiger partial charge in [-0.1, -0.05) is 12.1 Å². The van der Waals surface area contributed by atoms with Gasteiger partial charge in [-0.25, -0.2) is 8.78 Å². The largest absolute Gasteiger partial charge is 0.416 e. The molecule has 4 nitrogen and oxygen atoms in total. The number of rotatable bonds is 4. The van der Waals surface area contributed by atoms with Crippen molar-refractivity contribution in [3.05, 3.63) is 99.5 Å². The lowest BCUT2D eigenvalue weighted by atomic mass is 10.1. The number of hydrogen-bond donors (Lipinski definition) is 1. The van der Waals surface area contributed by atoms with Crippen LogP contribution in [-0.2, 0) is 12.7 Å². The summed E-state index contributed by atoms with van der Waals surface area (Å²) in [5, 5.41) is 2.11. The van der Waals surface area contributed by atoms with E-state index in [4.69, 9.17) is 0 Å². The molecule has 0 unspecified atom stereocenters. The van der Waals surface area contributed by atoms with Crippen LogP contribution in [0.2, 0.25) is 0 Å². The summed E-state index contributed by atoms with van der Waals surface area (Å²) in [4.78, 5) is 24.9. The second-order valence-corrected chi connectivity index (χ2v) is 6.13. The first-order valence-corrected chi connectivity index (χ1v) is 8.27. The van der Waals surface area contributed by atoms with E-state index < -0.39 is 40.5 Å². The van der Waals surface area contributed by atoms with E-state index >= 15 is 0 Å². The van der Waals surface area contributed by atoms with Crippen molar-refractivity contribution in [2.45, 2.75) is 12.7 Å². The van der Waals surface area contributed by atoms with Gasteiger partial charge in [0.2, 0.25) is 0 Å². The SMILES string of the molecule is O=C(Nc1cc(F)ccc1F)c1cccn(Cc2cccc(C(F)(F)F)c2)c1=O. The Balaban J connectivity index is 1.87. The van der Waals surface area contributed by atoms with Crippen LogP contribution < -0.4 is 10.9 Å². The second-order valence-electron chi connectivity index (χ2n) is 6.13. The maximum absolute atomic E-state index is 13.7. The fourth-order valence-electron chi connectivity index (χ4n) is 2.66. The molecule has 29 heavy (non-hydrogen) atoms. The highest BCUT2D eigenvalue weighted by atomic mass is 19.4. The lowest BCUT2D eigenvalue weighted by Crippen LogP contribution is -2.29. The Morgan fingerprint density at radius 2 is 1.76 bits per heavy atom. The van der Waals surface area contributed by atoms with Crippen molar-refractivity contribution in [1.29, 1.82) is 0 Å². The normalized spacial score (nSPS) is 11.3. The zero-order valence-electron chi connectivity index (χ0n) is 14.6. The lowest BCUT2D eigenvalue weighted by Gasteiger charge is -2.11. The average Bonchev–Trinajstić information content (AvgIpc) is 2.66. The Kier molecular flexibility index (Phi) is 5.49. The highest BCUT2D eigenvalue weighted by Crippen LogP contribution is 2.29. The Bertz CT molecular complexity index is 1120. The molecule has 1 aromatic heterocycles. The van der Waals surface area contributed by atoms with Crippen LogP contribution in [-0.4, -0.2) is 10.5 Å². The Morgan fingerprint density at radius 3 is 2.48 bits per heavy atom. The Hall–Kier alpha value is -3.49. The van der Waals surface area contributed by atoms with Gasteiger partial charge in [-0.3, -0.25) is 9.59 Å². The summed E-state index contributed by atoms with van der Waals surface area (Å²) < 4.78 is 66.5. The van der Waals surface area contributed by atoms with Gasteiger partial charge in [0.1, 0.15) is 17.2 Å². The average molecular weight is 408 g/mol. The number of anilines is 1. The predicted molar refractivity (Wildman–Crippen MR) is 95.6 cm³/mol. The zero-order valence-corrected chi connectivity index (χ0v) is 14.6. The summed E-state index contributed by atoms with van der Waals surface area (Å²) in [6, 6.07) is 9.42. The van der Waals surface area contributed by atoms with Crippen LogP contribution in [0.15, 0.2) is 65.6 Å². The molecule has 150 valence electrons. The Labute approximate surface area is 161 Å². The van der Waals surface area contributed by atoms with E-state index in [2.05, 4.69) is 5.32 Å². The first kappa shape index (κ1) is 20.2. The number of benzene rings is 2. The molecule has 0 radical (unpaired) electrons. The van der Waals surface area contributed by atoms with Crippen molar-refractivity contribution < 1.29 is 26.7 Å². The monoisotopic (exact) mass is 408 g/mol. The van der Waals surface area contributed by atoms with E-state index in [1.165, 1.54) is 30.5 Å². The smallest absolute Gasteiger partial charge is 0.319 e. The van der Waals surface area contributed by atoms with Crippen molar-refractivity contribution in [3.63, 3.8) is 0 Å². The van der Waals surface area contributed by atoms with Crippen molar-refractivity contribution >= 4 is 11.6 Å². The van der Waals surface area contributed by atoms with Gasteiger partial charge in [0.25, 0.3) is 11.5 Å². The van der Waals surface area contributed by atoms with E-state index in [9.17, 15) is 31.5 Å². The van der Waals surface area contributed by atoms with Gasteiger partial charge in [-0.15, -0.1) is 0 Å². The van der Waals surface area contributed by atoms with Gasteiger partial charge in [0, 0.05) is 12.3 Å². The van der Waals surface area contributed by atoms with Crippen LogP contribution in [0.3, 0.4) is 0 Å². The third kappa shape index (κ3) is 4.68. The molecular weight excluding hydrogens is 395 g/mol. The van der Waals surface area contributed by atoms with Gasteiger partial charge in [-0.05, 0) is 42.0 Å². The standard InChI is InChI=1S/C20H13F5N2O2/c21-14-6-7-16(22)17(10-14)26-18(28)15-5-2-8-27(19(15)29)11-12-3-1-4-13(9-12)20(23,24)25/h1-10H,11H2,(H,26,28). The van der Waals surface area contributed by atoms with E-state index in [0.29, 0.717) is 0 Å². The molecule has 0 fully saturated rings. The molecule has 3 aromatic rings. The van der Waals surface area contributed by atoms with E-state index in [-0.39, 0.29) is 17.7 Å². The van der Waals surface area contributed by atoms with Gasteiger partial charge in [0.05, 0.1) is 17.8 Å². The number of carbonyl (C=O) groups excluding carboxylic acids is 1. The summed E-state index contributed by atoms with van der Waals surface area (Å²) in [6.07, 6.45) is -3.22. The number of nitrogens with one attached hydrogen (secondary N) is 1. The van der Waals surface area contributed by atoms with Gasteiger partial charge < -0.3 is 9.88 Å². The zero-order chi connectivity index (χ0) is 21.2. The highest BCUT2D eigenvalue weighted by Gasteiger charge is 2.30. The summed E-state index contributed by atoms with van der Waals surface area (Å²) in [5.74, 6) is -2.64. The molecule has 0 aliphatic rings. The van der Waals surface area contributed by atoms with Crippen LogP contribution in [0.5, 0.6) is 0 Å². The molecule has 3 rings (SSSR count). The number of hydrogen-bond acceptors (Lipinski definition) is 2. The summed E-state index contributed by atoms with van der Waals surface area (Å²) in [7, 11) is 0.